The molecule has 4 rings (SSSR count). The molecule has 3 aromatic carbocycles. The van der Waals surface area contributed by atoms with Crippen molar-refractivity contribution >= 4 is 21.6 Å². The number of fused-ring (bicyclic) bond motifs is 1. The van der Waals surface area contributed by atoms with E-state index in [1.54, 1.807) is 13.0 Å². The standard InChI is InChI=1S/C24H23FN2O3S/c1-16-13-14-18(31(29,30)27-23-11-5-4-10-21(23)25)15-20(16)24(28)26-22-12-6-8-17-7-2-3-9-19(17)22/h2-5,7,9-11,13-15,22,27H,6,8,12H2,1H3,(H,26,28). The molecule has 0 bridgehead atoms. The third kappa shape index (κ3) is 4.46. The lowest BCUT2D eigenvalue weighted by molar-refractivity contribution is 0.0932. The number of sulfonamides is 1. The number of amides is 1. The van der Waals surface area contributed by atoms with E-state index >= 15 is 0 Å². The summed E-state index contributed by atoms with van der Waals surface area (Å²) < 4.78 is 41.7. The van der Waals surface area contributed by atoms with Crippen molar-refractivity contribution in [3.05, 3.63) is 94.8 Å². The number of hydrogen-bond acceptors (Lipinski definition) is 3. The number of para-hydroxylation sites is 1. The van der Waals surface area contributed by atoms with Crippen LogP contribution in [-0.2, 0) is 16.4 Å². The van der Waals surface area contributed by atoms with Gasteiger partial charge in [-0.3, -0.25) is 9.52 Å². The molecule has 0 saturated heterocycles. The molecule has 1 aliphatic rings. The van der Waals surface area contributed by atoms with Crippen molar-refractivity contribution in [3.63, 3.8) is 0 Å². The highest BCUT2D eigenvalue weighted by Gasteiger charge is 2.24. The molecule has 3 aromatic rings. The highest BCUT2D eigenvalue weighted by Crippen LogP contribution is 2.30. The van der Waals surface area contributed by atoms with Crippen molar-refractivity contribution < 1.29 is 17.6 Å². The fourth-order valence-electron chi connectivity index (χ4n) is 3.90. The van der Waals surface area contributed by atoms with Crippen LogP contribution >= 0.6 is 0 Å². The highest BCUT2D eigenvalue weighted by molar-refractivity contribution is 7.92. The predicted molar refractivity (Wildman–Crippen MR) is 118 cm³/mol. The van der Waals surface area contributed by atoms with Gasteiger partial charge in [0.05, 0.1) is 16.6 Å². The van der Waals surface area contributed by atoms with Crippen LogP contribution in [0.4, 0.5) is 10.1 Å². The first-order chi connectivity index (χ1) is 14.8. The lowest BCUT2D eigenvalue weighted by Gasteiger charge is -2.26. The second-order valence-corrected chi connectivity index (χ2v) is 9.36. The first-order valence-electron chi connectivity index (χ1n) is 10.1. The number of benzene rings is 3. The number of rotatable bonds is 5. The number of hydrogen-bond donors (Lipinski definition) is 2. The van der Waals surface area contributed by atoms with E-state index in [9.17, 15) is 17.6 Å². The van der Waals surface area contributed by atoms with Crippen LogP contribution in [-0.4, -0.2) is 14.3 Å². The molecule has 0 aromatic heterocycles. The fraction of sp³-hybridized carbons (Fsp3) is 0.208. The van der Waals surface area contributed by atoms with E-state index in [0.29, 0.717) is 5.56 Å². The molecular weight excluding hydrogens is 415 g/mol. The van der Waals surface area contributed by atoms with E-state index in [1.807, 2.05) is 18.2 Å². The summed E-state index contributed by atoms with van der Waals surface area (Å²) >= 11 is 0. The average Bonchev–Trinajstić information content (AvgIpc) is 2.75. The molecule has 1 amide bonds. The molecule has 160 valence electrons. The summed E-state index contributed by atoms with van der Waals surface area (Å²) in [5.74, 6) is -1.01. The first-order valence-corrected chi connectivity index (χ1v) is 11.6. The van der Waals surface area contributed by atoms with Crippen LogP contribution in [0.15, 0.2) is 71.6 Å². The Morgan fingerprint density at radius 2 is 1.77 bits per heavy atom. The van der Waals surface area contributed by atoms with Gasteiger partial charge in [-0.1, -0.05) is 42.5 Å². The number of carbonyl (C=O) groups is 1. The molecule has 0 saturated carbocycles. The zero-order valence-electron chi connectivity index (χ0n) is 17.1. The van der Waals surface area contributed by atoms with Gasteiger partial charge in [-0.25, -0.2) is 12.8 Å². The predicted octanol–water partition coefficient (Wildman–Crippen LogP) is 4.74. The van der Waals surface area contributed by atoms with Gasteiger partial charge in [0.15, 0.2) is 0 Å². The quantitative estimate of drug-likeness (QED) is 0.604. The Morgan fingerprint density at radius 3 is 2.58 bits per heavy atom. The molecule has 2 N–H and O–H groups in total. The number of anilines is 1. The van der Waals surface area contributed by atoms with Crippen molar-refractivity contribution in [3.8, 4) is 0 Å². The van der Waals surface area contributed by atoms with E-state index in [-0.39, 0.29) is 28.1 Å². The lowest BCUT2D eigenvalue weighted by atomic mass is 9.87. The molecule has 7 heteroatoms. The van der Waals surface area contributed by atoms with Crippen molar-refractivity contribution in [2.75, 3.05) is 4.72 Å². The summed E-state index contributed by atoms with van der Waals surface area (Å²) in [5, 5.41) is 3.06. The molecule has 31 heavy (non-hydrogen) atoms. The summed E-state index contributed by atoms with van der Waals surface area (Å²) in [7, 11) is -4.06. The van der Waals surface area contributed by atoms with Crippen molar-refractivity contribution in [2.24, 2.45) is 0 Å². The van der Waals surface area contributed by atoms with Crippen LogP contribution in [0.5, 0.6) is 0 Å². The topological polar surface area (TPSA) is 75.3 Å². The Morgan fingerprint density at radius 1 is 1.03 bits per heavy atom. The van der Waals surface area contributed by atoms with E-state index < -0.39 is 15.8 Å². The monoisotopic (exact) mass is 438 g/mol. The van der Waals surface area contributed by atoms with Gasteiger partial charge in [-0.15, -0.1) is 0 Å². The summed E-state index contributed by atoms with van der Waals surface area (Å²) in [4.78, 5) is 12.9. The van der Waals surface area contributed by atoms with Gasteiger partial charge in [0.2, 0.25) is 0 Å². The molecule has 0 spiro atoms. The molecule has 0 fully saturated rings. The lowest BCUT2D eigenvalue weighted by Crippen LogP contribution is -2.31. The fourth-order valence-corrected chi connectivity index (χ4v) is 4.99. The van der Waals surface area contributed by atoms with Gasteiger partial charge in [0.25, 0.3) is 15.9 Å². The van der Waals surface area contributed by atoms with Gasteiger partial charge in [0.1, 0.15) is 5.82 Å². The maximum Gasteiger partial charge on any atom is 0.262 e. The van der Waals surface area contributed by atoms with Crippen LogP contribution < -0.4 is 10.0 Å². The van der Waals surface area contributed by atoms with Gasteiger partial charge in [-0.05, 0) is 67.1 Å². The van der Waals surface area contributed by atoms with Crippen molar-refractivity contribution in [2.45, 2.75) is 37.1 Å². The normalized spacial score (nSPS) is 15.7. The summed E-state index contributed by atoms with van der Waals surface area (Å²) in [6.07, 6.45) is 2.79. The minimum atomic E-state index is -4.06. The van der Waals surface area contributed by atoms with Crippen LogP contribution in [0.3, 0.4) is 0 Å². The second-order valence-electron chi connectivity index (χ2n) is 7.68. The molecule has 1 aliphatic carbocycles. The average molecular weight is 439 g/mol. The van der Waals surface area contributed by atoms with E-state index in [4.69, 9.17) is 0 Å². The summed E-state index contributed by atoms with van der Waals surface area (Å²) in [6, 6.07) is 17.8. The molecule has 0 heterocycles. The summed E-state index contributed by atoms with van der Waals surface area (Å²) in [6.45, 7) is 1.75. The molecule has 0 radical (unpaired) electrons. The minimum absolute atomic E-state index is 0.101. The van der Waals surface area contributed by atoms with Crippen LogP contribution in [0.2, 0.25) is 0 Å². The maximum absolute atomic E-state index is 13.9. The van der Waals surface area contributed by atoms with Crippen LogP contribution in [0.1, 0.15) is 45.9 Å². The molecule has 0 aliphatic heterocycles. The summed E-state index contributed by atoms with van der Waals surface area (Å²) in [5.41, 5.74) is 3.12. The molecule has 5 nitrogen and oxygen atoms in total. The van der Waals surface area contributed by atoms with Crippen LogP contribution in [0.25, 0.3) is 0 Å². The minimum Gasteiger partial charge on any atom is -0.345 e. The van der Waals surface area contributed by atoms with Gasteiger partial charge in [-0.2, -0.15) is 0 Å². The number of halogens is 1. The zero-order valence-corrected chi connectivity index (χ0v) is 17.9. The smallest absolute Gasteiger partial charge is 0.262 e. The van der Waals surface area contributed by atoms with E-state index in [0.717, 1.165) is 24.8 Å². The Kier molecular flexibility index (Phi) is 5.78. The third-order valence-corrected chi connectivity index (χ3v) is 6.92. The van der Waals surface area contributed by atoms with Gasteiger partial charge in [0, 0.05) is 5.56 Å². The second kappa shape index (κ2) is 8.51. The maximum atomic E-state index is 13.9. The Balaban J connectivity index is 1.60. The number of carbonyl (C=O) groups excluding carboxylic acids is 1. The molecule has 1 unspecified atom stereocenters. The largest absolute Gasteiger partial charge is 0.345 e. The zero-order chi connectivity index (χ0) is 22.0. The van der Waals surface area contributed by atoms with Gasteiger partial charge < -0.3 is 5.32 Å². The van der Waals surface area contributed by atoms with Gasteiger partial charge >= 0.3 is 0 Å². The van der Waals surface area contributed by atoms with Crippen molar-refractivity contribution in [1.82, 2.24) is 5.32 Å². The van der Waals surface area contributed by atoms with Crippen molar-refractivity contribution in [1.29, 1.82) is 0 Å². The molecular formula is C24H23FN2O3S. The third-order valence-electron chi connectivity index (χ3n) is 5.56. The van der Waals surface area contributed by atoms with E-state index in [1.165, 1.54) is 42.0 Å². The Hall–Kier alpha value is -3.19. The number of aryl methyl sites for hydroxylation is 2. The Bertz CT molecular complexity index is 1240. The Labute approximate surface area is 181 Å². The first kappa shape index (κ1) is 21.1. The highest BCUT2D eigenvalue weighted by atomic mass is 32.2. The SMILES string of the molecule is Cc1ccc(S(=O)(=O)Nc2ccccc2F)cc1C(=O)NC1CCCc2ccccc21. The molecule has 1 atom stereocenters. The van der Waals surface area contributed by atoms with Crippen LogP contribution in [0, 0.1) is 12.7 Å². The number of nitrogens with one attached hydrogen (secondary N) is 2. The van der Waals surface area contributed by atoms with E-state index in [2.05, 4.69) is 16.1 Å².